The van der Waals surface area contributed by atoms with Crippen LogP contribution in [0.4, 0.5) is 11.6 Å². The predicted octanol–water partition coefficient (Wildman–Crippen LogP) is 4.15. The van der Waals surface area contributed by atoms with Crippen molar-refractivity contribution in [2.75, 3.05) is 10.0 Å². The average Bonchev–Trinajstić information content (AvgIpc) is 3.00. The number of carbonyl (C=O) groups is 1. The Balaban J connectivity index is 1.64. The number of benzene rings is 2. The van der Waals surface area contributed by atoms with Gasteiger partial charge in [-0.1, -0.05) is 22.8 Å². The third-order valence-electron chi connectivity index (χ3n) is 4.29. The van der Waals surface area contributed by atoms with Gasteiger partial charge in [0, 0.05) is 16.3 Å². The molecule has 3 rings (SSSR count). The number of sulfonamides is 1. The Labute approximate surface area is 179 Å². The lowest BCUT2D eigenvalue weighted by atomic mass is 10.3. The molecule has 1 unspecified atom stereocenters. The molecule has 3 aromatic rings. The van der Waals surface area contributed by atoms with Crippen molar-refractivity contribution in [1.29, 1.82) is 0 Å². The summed E-state index contributed by atoms with van der Waals surface area (Å²) >= 11 is 5.91. The van der Waals surface area contributed by atoms with E-state index in [0.29, 0.717) is 27.7 Å². The third-order valence-corrected chi connectivity index (χ3v) is 5.88. The van der Waals surface area contributed by atoms with E-state index in [1.54, 1.807) is 45.0 Å². The minimum absolute atomic E-state index is 0.0113. The molecular weight excluding hydrogens is 430 g/mol. The van der Waals surface area contributed by atoms with Crippen LogP contribution in [0, 0.1) is 13.8 Å². The summed E-state index contributed by atoms with van der Waals surface area (Å²) in [4.78, 5) is 12.4. The van der Waals surface area contributed by atoms with Crippen LogP contribution in [0.1, 0.15) is 18.2 Å². The van der Waals surface area contributed by atoms with Crippen molar-refractivity contribution >= 4 is 39.1 Å². The highest BCUT2D eigenvalue weighted by Gasteiger charge is 2.20. The molecule has 1 aromatic heterocycles. The SMILES string of the molecule is Cc1noc(NS(=O)(=O)c2ccc(NC(=O)C(C)Oc3cccc(Cl)c3)cc2)c1C. The van der Waals surface area contributed by atoms with Gasteiger partial charge in [0.15, 0.2) is 6.10 Å². The van der Waals surface area contributed by atoms with Crippen LogP contribution in [0.3, 0.4) is 0 Å². The highest BCUT2D eigenvalue weighted by molar-refractivity contribution is 7.92. The summed E-state index contributed by atoms with van der Waals surface area (Å²) in [6.07, 6.45) is -0.786. The standard InChI is InChI=1S/C20H20ClN3O5S/c1-12-13(2)23-29-20(12)24-30(26,27)18-9-7-16(8-10-18)22-19(25)14(3)28-17-6-4-5-15(21)11-17/h4-11,14,24H,1-3H3,(H,22,25). The van der Waals surface area contributed by atoms with Crippen LogP contribution >= 0.6 is 11.6 Å². The molecule has 0 saturated carbocycles. The Bertz CT molecular complexity index is 1160. The van der Waals surface area contributed by atoms with E-state index in [9.17, 15) is 13.2 Å². The monoisotopic (exact) mass is 449 g/mol. The zero-order valence-electron chi connectivity index (χ0n) is 16.5. The van der Waals surface area contributed by atoms with Gasteiger partial charge in [-0.05, 0) is 63.2 Å². The zero-order chi connectivity index (χ0) is 21.9. The molecule has 0 saturated heterocycles. The second kappa shape index (κ2) is 8.76. The number of nitrogens with one attached hydrogen (secondary N) is 2. The largest absolute Gasteiger partial charge is 0.481 e. The Kier molecular flexibility index (Phi) is 6.33. The molecule has 0 spiro atoms. The number of hydrogen-bond acceptors (Lipinski definition) is 6. The first-order chi connectivity index (χ1) is 14.2. The van der Waals surface area contributed by atoms with E-state index in [0.717, 1.165) is 0 Å². The van der Waals surface area contributed by atoms with Crippen LogP contribution < -0.4 is 14.8 Å². The lowest BCUT2D eigenvalue weighted by Crippen LogP contribution is -2.30. The summed E-state index contributed by atoms with van der Waals surface area (Å²) < 4.78 is 38.0. The molecule has 1 heterocycles. The van der Waals surface area contributed by atoms with E-state index in [4.69, 9.17) is 20.9 Å². The Morgan fingerprint density at radius 1 is 1.17 bits per heavy atom. The molecule has 158 valence electrons. The van der Waals surface area contributed by atoms with E-state index in [1.165, 1.54) is 24.3 Å². The number of carbonyl (C=O) groups excluding carboxylic acids is 1. The number of ether oxygens (including phenoxy) is 1. The number of nitrogens with zero attached hydrogens (tertiary/aromatic N) is 1. The average molecular weight is 450 g/mol. The molecule has 0 aliphatic heterocycles. The van der Waals surface area contributed by atoms with Crippen molar-refractivity contribution < 1.29 is 22.5 Å². The number of halogens is 1. The molecule has 8 nitrogen and oxygen atoms in total. The fraction of sp³-hybridized carbons (Fsp3) is 0.200. The summed E-state index contributed by atoms with van der Waals surface area (Å²) in [5.41, 5.74) is 1.63. The van der Waals surface area contributed by atoms with Gasteiger partial charge in [0.1, 0.15) is 5.75 Å². The molecule has 2 N–H and O–H groups in total. The van der Waals surface area contributed by atoms with E-state index in [-0.39, 0.29) is 10.8 Å². The van der Waals surface area contributed by atoms with Gasteiger partial charge in [0.2, 0.25) is 5.88 Å². The van der Waals surface area contributed by atoms with Gasteiger partial charge in [-0.25, -0.2) is 13.1 Å². The molecule has 0 aliphatic rings. The van der Waals surface area contributed by atoms with E-state index in [2.05, 4.69) is 15.2 Å². The van der Waals surface area contributed by atoms with Crippen molar-refractivity contribution in [2.24, 2.45) is 0 Å². The number of amides is 1. The molecule has 1 amide bonds. The van der Waals surface area contributed by atoms with Crippen molar-refractivity contribution in [1.82, 2.24) is 5.16 Å². The minimum Gasteiger partial charge on any atom is -0.481 e. The highest BCUT2D eigenvalue weighted by Crippen LogP contribution is 2.23. The fourth-order valence-corrected chi connectivity index (χ4v) is 3.68. The Morgan fingerprint density at radius 3 is 2.47 bits per heavy atom. The fourth-order valence-electron chi connectivity index (χ4n) is 2.45. The van der Waals surface area contributed by atoms with Gasteiger partial charge in [0.25, 0.3) is 15.9 Å². The van der Waals surface area contributed by atoms with Crippen LogP contribution in [0.15, 0.2) is 57.9 Å². The number of hydrogen-bond donors (Lipinski definition) is 2. The topological polar surface area (TPSA) is 111 Å². The summed E-state index contributed by atoms with van der Waals surface area (Å²) in [7, 11) is -3.86. The third kappa shape index (κ3) is 5.11. The predicted molar refractivity (Wildman–Crippen MR) is 113 cm³/mol. The summed E-state index contributed by atoms with van der Waals surface area (Å²) in [6.45, 7) is 5.01. The van der Waals surface area contributed by atoms with E-state index in [1.807, 2.05) is 0 Å². The minimum atomic E-state index is -3.86. The highest BCUT2D eigenvalue weighted by atomic mass is 35.5. The van der Waals surface area contributed by atoms with Gasteiger partial charge in [-0.2, -0.15) is 0 Å². The summed E-state index contributed by atoms with van der Waals surface area (Å²) in [5.74, 6) is 0.143. The normalized spacial score (nSPS) is 12.3. The number of aromatic nitrogens is 1. The maximum absolute atomic E-state index is 12.5. The lowest BCUT2D eigenvalue weighted by molar-refractivity contribution is -0.122. The molecule has 10 heteroatoms. The molecule has 2 aromatic carbocycles. The molecule has 0 bridgehead atoms. The maximum Gasteiger partial charge on any atom is 0.265 e. The van der Waals surface area contributed by atoms with Crippen molar-refractivity contribution in [3.63, 3.8) is 0 Å². The van der Waals surface area contributed by atoms with Crippen LogP contribution in [0.2, 0.25) is 5.02 Å². The lowest BCUT2D eigenvalue weighted by Gasteiger charge is -2.15. The molecule has 0 radical (unpaired) electrons. The maximum atomic E-state index is 12.5. The van der Waals surface area contributed by atoms with Gasteiger partial charge in [0.05, 0.1) is 10.6 Å². The van der Waals surface area contributed by atoms with Gasteiger partial charge < -0.3 is 14.6 Å². The number of rotatable bonds is 7. The van der Waals surface area contributed by atoms with Crippen molar-refractivity contribution in [2.45, 2.75) is 31.8 Å². The van der Waals surface area contributed by atoms with Gasteiger partial charge in [-0.3, -0.25) is 4.79 Å². The quantitative estimate of drug-likeness (QED) is 0.560. The number of anilines is 2. The smallest absolute Gasteiger partial charge is 0.265 e. The van der Waals surface area contributed by atoms with E-state index >= 15 is 0 Å². The van der Waals surface area contributed by atoms with Crippen LogP contribution in [0.25, 0.3) is 0 Å². The van der Waals surface area contributed by atoms with Gasteiger partial charge >= 0.3 is 0 Å². The van der Waals surface area contributed by atoms with E-state index < -0.39 is 22.0 Å². The second-order valence-electron chi connectivity index (χ2n) is 6.56. The molecule has 30 heavy (non-hydrogen) atoms. The first-order valence-corrected chi connectivity index (χ1v) is 10.8. The molecule has 0 fully saturated rings. The number of aryl methyl sites for hydroxylation is 1. The Hall–Kier alpha value is -3.04. The second-order valence-corrected chi connectivity index (χ2v) is 8.68. The molecular formula is C20H20ClN3O5S. The zero-order valence-corrected chi connectivity index (χ0v) is 18.0. The molecule has 1 atom stereocenters. The van der Waals surface area contributed by atoms with Crippen LogP contribution in [0.5, 0.6) is 5.75 Å². The first kappa shape index (κ1) is 21.7. The van der Waals surface area contributed by atoms with Crippen molar-refractivity contribution in [3.8, 4) is 5.75 Å². The molecule has 0 aliphatic carbocycles. The van der Waals surface area contributed by atoms with Crippen molar-refractivity contribution in [3.05, 3.63) is 64.8 Å². The van der Waals surface area contributed by atoms with Gasteiger partial charge in [-0.15, -0.1) is 0 Å². The first-order valence-electron chi connectivity index (χ1n) is 8.94. The van der Waals surface area contributed by atoms with Crippen LogP contribution in [-0.2, 0) is 14.8 Å². The summed E-state index contributed by atoms with van der Waals surface area (Å²) in [5, 5.41) is 6.90. The summed E-state index contributed by atoms with van der Waals surface area (Å²) in [6, 6.07) is 12.4. The Morgan fingerprint density at radius 2 is 1.87 bits per heavy atom. The van der Waals surface area contributed by atoms with Crippen LogP contribution in [-0.4, -0.2) is 25.6 Å².